The summed E-state index contributed by atoms with van der Waals surface area (Å²) in [6.07, 6.45) is -4.72. The lowest BCUT2D eigenvalue weighted by molar-refractivity contribution is -0.383. The lowest BCUT2D eigenvalue weighted by Gasteiger charge is -2.19. The second kappa shape index (κ2) is 6.83. The van der Waals surface area contributed by atoms with Gasteiger partial charge in [0.2, 0.25) is 0 Å². The first kappa shape index (κ1) is 20.2. The van der Waals surface area contributed by atoms with E-state index in [-0.39, 0.29) is 28.4 Å². The number of nitrogens with one attached hydrogen (secondary N) is 1. The fourth-order valence-corrected chi connectivity index (χ4v) is 2.60. The van der Waals surface area contributed by atoms with Crippen molar-refractivity contribution in [3.8, 4) is 0 Å². The molecule has 0 aliphatic carbocycles. The SMILES string of the molecule is CC(C)(C)c1cc(C(F)(F)F)n2nc(C(=O)Nc3ccccc3[N+](=O)[O-])cc2n1. The summed E-state index contributed by atoms with van der Waals surface area (Å²) in [5.74, 6) is -0.893. The Labute approximate surface area is 162 Å². The number of nitro groups is 1. The highest BCUT2D eigenvalue weighted by atomic mass is 19.4. The molecule has 2 aromatic heterocycles. The van der Waals surface area contributed by atoms with Gasteiger partial charge in [-0.3, -0.25) is 14.9 Å². The van der Waals surface area contributed by atoms with Gasteiger partial charge in [-0.05, 0) is 12.1 Å². The second-order valence-corrected chi connectivity index (χ2v) is 7.30. The Morgan fingerprint density at radius 1 is 1.17 bits per heavy atom. The van der Waals surface area contributed by atoms with Gasteiger partial charge in [0.1, 0.15) is 11.4 Å². The normalized spacial score (nSPS) is 12.2. The third-order valence-electron chi connectivity index (χ3n) is 4.07. The van der Waals surface area contributed by atoms with Crippen LogP contribution in [0.2, 0.25) is 0 Å². The number of hydrogen-bond donors (Lipinski definition) is 1. The number of rotatable bonds is 3. The molecule has 0 fully saturated rings. The Morgan fingerprint density at radius 3 is 2.41 bits per heavy atom. The van der Waals surface area contributed by atoms with Crippen molar-refractivity contribution in [1.82, 2.24) is 14.6 Å². The van der Waals surface area contributed by atoms with Crippen LogP contribution in [0.3, 0.4) is 0 Å². The number of fused-ring (bicyclic) bond motifs is 1. The molecule has 3 aromatic rings. The molecule has 1 aromatic carbocycles. The van der Waals surface area contributed by atoms with E-state index >= 15 is 0 Å². The quantitative estimate of drug-likeness (QED) is 0.518. The number of halogens is 3. The van der Waals surface area contributed by atoms with Crippen LogP contribution in [0, 0.1) is 10.1 Å². The minimum Gasteiger partial charge on any atom is -0.315 e. The molecule has 3 rings (SSSR count). The molecule has 0 bridgehead atoms. The molecular formula is C18H16F3N5O3. The number of anilines is 1. The molecule has 8 nitrogen and oxygen atoms in total. The van der Waals surface area contributed by atoms with Crippen LogP contribution in [0.1, 0.15) is 42.6 Å². The average Bonchev–Trinajstić information content (AvgIpc) is 3.03. The van der Waals surface area contributed by atoms with E-state index in [1.807, 2.05) is 0 Å². The number of hydrogen-bond acceptors (Lipinski definition) is 5. The molecular weight excluding hydrogens is 391 g/mol. The van der Waals surface area contributed by atoms with Crippen LogP contribution in [-0.2, 0) is 11.6 Å². The highest BCUT2D eigenvalue weighted by Crippen LogP contribution is 2.33. The topological polar surface area (TPSA) is 102 Å². The molecule has 152 valence electrons. The molecule has 0 aliphatic rings. The summed E-state index contributed by atoms with van der Waals surface area (Å²) in [4.78, 5) is 27.1. The summed E-state index contributed by atoms with van der Waals surface area (Å²) in [5.41, 5.74) is -2.52. The maximum absolute atomic E-state index is 13.5. The van der Waals surface area contributed by atoms with Crippen molar-refractivity contribution < 1.29 is 22.9 Å². The van der Waals surface area contributed by atoms with E-state index in [4.69, 9.17) is 0 Å². The smallest absolute Gasteiger partial charge is 0.315 e. The van der Waals surface area contributed by atoms with Crippen molar-refractivity contribution in [2.45, 2.75) is 32.4 Å². The number of nitro benzene ring substituents is 1. The Kier molecular flexibility index (Phi) is 4.77. The summed E-state index contributed by atoms with van der Waals surface area (Å²) >= 11 is 0. The zero-order valence-electron chi connectivity index (χ0n) is 15.6. The van der Waals surface area contributed by atoms with Crippen LogP contribution in [0.15, 0.2) is 36.4 Å². The van der Waals surface area contributed by atoms with E-state index in [1.54, 1.807) is 20.8 Å². The first-order chi connectivity index (χ1) is 13.4. The van der Waals surface area contributed by atoms with Crippen molar-refractivity contribution in [2.24, 2.45) is 0 Å². The lowest BCUT2D eigenvalue weighted by atomic mass is 9.91. The maximum Gasteiger partial charge on any atom is 0.433 e. The van der Waals surface area contributed by atoms with E-state index < -0.39 is 28.1 Å². The van der Waals surface area contributed by atoms with Gasteiger partial charge in [0.15, 0.2) is 11.3 Å². The third kappa shape index (κ3) is 4.03. The molecule has 0 saturated heterocycles. The zero-order valence-corrected chi connectivity index (χ0v) is 15.6. The number of aromatic nitrogens is 3. The molecule has 1 amide bonds. The molecule has 0 saturated carbocycles. The minimum absolute atomic E-state index is 0.0982. The number of nitrogens with zero attached hydrogens (tertiary/aromatic N) is 4. The van der Waals surface area contributed by atoms with Gasteiger partial charge in [-0.25, -0.2) is 9.50 Å². The van der Waals surface area contributed by atoms with E-state index in [0.29, 0.717) is 4.52 Å². The third-order valence-corrected chi connectivity index (χ3v) is 4.07. The molecule has 0 radical (unpaired) electrons. The van der Waals surface area contributed by atoms with Crippen molar-refractivity contribution >= 4 is 22.9 Å². The monoisotopic (exact) mass is 407 g/mol. The van der Waals surface area contributed by atoms with Crippen LogP contribution in [0.25, 0.3) is 5.65 Å². The highest BCUT2D eigenvalue weighted by Gasteiger charge is 2.36. The zero-order chi connectivity index (χ0) is 21.6. The number of carbonyl (C=O) groups is 1. The Morgan fingerprint density at radius 2 is 1.83 bits per heavy atom. The van der Waals surface area contributed by atoms with Crippen LogP contribution in [-0.4, -0.2) is 25.4 Å². The van der Waals surface area contributed by atoms with Gasteiger partial charge in [-0.2, -0.15) is 18.3 Å². The van der Waals surface area contributed by atoms with Crippen LogP contribution >= 0.6 is 0 Å². The van der Waals surface area contributed by atoms with E-state index in [1.165, 1.54) is 24.3 Å². The van der Waals surface area contributed by atoms with Gasteiger partial charge < -0.3 is 5.32 Å². The van der Waals surface area contributed by atoms with Crippen molar-refractivity contribution in [1.29, 1.82) is 0 Å². The number of para-hydroxylation sites is 2. The van der Waals surface area contributed by atoms with Gasteiger partial charge in [-0.1, -0.05) is 32.9 Å². The molecule has 29 heavy (non-hydrogen) atoms. The standard InChI is InChI=1S/C18H16F3N5O3/c1-17(2,3)13-9-14(18(19,20)21)25-15(23-13)8-11(24-25)16(27)22-10-6-4-5-7-12(10)26(28)29/h4-9H,1-3H3,(H,22,27). The molecule has 0 spiro atoms. The molecule has 0 unspecified atom stereocenters. The summed E-state index contributed by atoms with van der Waals surface area (Å²) < 4.78 is 41.1. The van der Waals surface area contributed by atoms with E-state index in [2.05, 4.69) is 15.4 Å². The molecule has 11 heteroatoms. The minimum atomic E-state index is -4.72. The molecule has 0 aliphatic heterocycles. The second-order valence-electron chi connectivity index (χ2n) is 7.30. The fourth-order valence-electron chi connectivity index (χ4n) is 2.60. The molecule has 2 heterocycles. The first-order valence-corrected chi connectivity index (χ1v) is 8.41. The van der Waals surface area contributed by atoms with Gasteiger partial charge in [-0.15, -0.1) is 0 Å². The predicted molar refractivity (Wildman–Crippen MR) is 97.7 cm³/mol. The maximum atomic E-state index is 13.5. The summed E-state index contributed by atoms with van der Waals surface area (Å²) in [6, 6.07) is 7.40. The number of alkyl halides is 3. The Hall–Kier alpha value is -3.50. The first-order valence-electron chi connectivity index (χ1n) is 8.41. The fraction of sp³-hybridized carbons (Fsp3) is 0.278. The summed E-state index contributed by atoms with van der Waals surface area (Å²) in [6.45, 7) is 5.14. The van der Waals surface area contributed by atoms with E-state index in [0.717, 1.165) is 12.1 Å². The number of benzene rings is 1. The van der Waals surface area contributed by atoms with Gasteiger partial charge >= 0.3 is 6.18 Å². The Bertz CT molecular complexity index is 1120. The van der Waals surface area contributed by atoms with Crippen LogP contribution in [0.5, 0.6) is 0 Å². The van der Waals surface area contributed by atoms with Crippen LogP contribution < -0.4 is 5.32 Å². The molecule has 1 N–H and O–H groups in total. The van der Waals surface area contributed by atoms with Crippen molar-refractivity contribution in [3.05, 3.63) is 63.6 Å². The van der Waals surface area contributed by atoms with Gasteiger partial charge in [0.25, 0.3) is 11.6 Å². The van der Waals surface area contributed by atoms with Gasteiger partial charge in [0.05, 0.1) is 10.6 Å². The Balaban J connectivity index is 2.08. The summed E-state index contributed by atoms with van der Waals surface area (Å²) in [5, 5.41) is 17.1. The number of carbonyl (C=O) groups excluding carboxylic acids is 1. The highest BCUT2D eigenvalue weighted by molar-refractivity contribution is 6.04. The van der Waals surface area contributed by atoms with Crippen LogP contribution in [0.4, 0.5) is 24.5 Å². The van der Waals surface area contributed by atoms with Crippen molar-refractivity contribution in [2.75, 3.05) is 5.32 Å². The predicted octanol–water partition coefficient (Wildman–Crippen LogP) is 4.21. The summed E-state index contributed by atoms with van der Waals surface area (Å²) in [7, 11) is 0. The van der Waals surface area contributed by atoms with Gasteiger partial charge in [0, 0.05) is 17.5 Å². The lowest BCUT2D eigenvalue weighted by Crippen LogP contribution is -2.20. The number of amides is 1. The average molecular weight is 407 g/mol. The largest absolute Gasteiger partial charge is 0.433 e. The van der Waals surface area contributed by atoms with Crippen molar-refractivity contribution in [3.63, 3.8) is 0 Å². The molecule has 0 atom stereocenters. The van der Waals surface area contributed by atoms with E-state index in [9.17, 15) is 28.1 Å².